The molecule has 110 valence electrons. The molecule has 5 nitrogen and oxygen atoms in total. The third-order valence-corrected chi connectivity index (χ3v) is 4.36. The molecule has 1 fully saturated rings. The van der Waals surface area contributed by atoms with Crippen LogP contribution in [0.25, 0.3) is 4.96 Å². The predicted octanol–water partition coefficient (Wildman–Crippen LogP) is 2.12. The van der Waals surface area contributed by atoms with Gasteiger partial charge in [-0.15, -0.1) is 11.3 Å². The molecule has 1 unspecified atom stereocenters. The van der Waals surface area contributed by atoms with Gasteiger partial charge in [0.1, 0.15) is 0 Å². The van der Waals surface area contributed by atoms with Gasteiger partial charge in [0, 0.05) is 31.2 Å². The molecule has 0 spiro atoms. The maximum Gasteiger partial charge on any atom is 0.195 e. The maximum atomic E-state index is 5.63. The molecule has 0 radical (unpaired) electrons. The quantitative estimate of drug-likeness (QED) is 0.858. The van der Waals surface area contributed by atoms with Gasteiger partial charge in [-0.25, -0.2) is 4.98 Å². The molecule has 1 aliphatic rings. The van der Waals surface area contributed by atoms with Gasteiger partial charge in [-0.05, 0) is 19.9 Å². The molecule has 0 amide bonds. The van der Waals surface area contributed by atoms with Crippen LogP contribution in [0.2, 0.25) is 0 Å². The van der Waals surface area contributed by atoms with Gasteiger partial charge in [-0.3, -0.25) is 4.40 Å². The summed E-state index contributed by atoms with van der Waals surface area (Å²) in [6, 6.07) is 0. The fourth-order valence-electron chi connectivity index (χ4n) is 2.63. The van der Waals surface area contributed by atoms with E-state index in [-0.39, 0.29) is 6.10 Å². The van der Waals surface area contributed by atoms with Gasteiger partial charge in [-0.2, -0.15) is 0 Å². The van der Waals surface area contributed by atoms with Crippen LogP contribution in [0, 0.1) is 0 Å². The van der Waals surface area contributed by atoms with E-state index >= 15 is 0 Å². The number of hydrogen-bond donors (Lipinski definition) is 1. The minimum atomic E-state index is 0.278. The molecule has 6 heteroatoms. The molecule has 1 N–H and O–H groups in total. The number of thiazole rings is 1. The van der Waals surface area contributed by atoms with Crippen LogP contribution in [0.1, 0.15) is 26.0 Å². The number of imidazole rings is 1. The molecule has 2 aromatic rings. The summed E-state index contributed by atoms with van der Waals surface area (Å²) in [4.78, 5) is 8.26. The highest BCUT2D eigenvalue weighted by atomic mass is 32.1. The largest absolute Gasteiger partial charge is 0.375 e. The topological polar surface area (TPSA) is 41.8 Å². The van der Waals surface area contributed by atoms with E-state index in [1.54, 1.807) is 11.3 Å². The number of fused-ring (bicyclic) bond motifs is 1. The highest BCUT2D eigenvalue weighted by Crippen LogP contribution is 2.26. The van der Waals surface area contributed by atoms with Gasteiger partial charge >= 0.3 is 0 Å². The first kappa shape index (κ1) is 13.9. The number of morpholine rings is 1. The summed E-state index contributed by atoms with van der Waals surface area (Å²) in [6.45, 7) is 8.85. The van der Waals surface area contributed by atoms with Crippen LogP contribution < -0.4 is 10.2 Å². The second kappa shape index (κ2) is 6.11. The Bertz CT molecular complexity index is 565. The number of nitrogens with zero attached hydrogens (tertiary/aromatic N) is 3. The van der Waals surface area contributed by atoms with E-state index in [2.05, 4.69) is 40.0 Å². The first-order valence-corrected chi connectivity index (χ1v) is 8.19. The lowest BCUT2D eigenvalue weighted by molar-refractivity contribution is 0.0529. The van der Waals surface area contributed by atoms with Crippen molar-refractivity contribution >= 4 is 22.1 Å². The van der Waals surface area contributed by atoms with E-state index in [1.807, 2.05) is 0 Å². The van der Waals surface area contributed by atoms with Gasteiger partial charge in [-0.1, -0.05) is 6.92 Å². The fraction of sp³-hybridized carbons (Fsp3) is 0.643. The van der Waals surface area contributed by atoms with Crippen LogP contribution >= 0.6 is 11.3 Å². The molecule has 1 atom stereocenters. The van der Waals surface area contributed by atoms with Gasteiger partial charge < -0.3 is 15.0 Å². The number of nitrogens with one attached hydrogen (secondary N) is 1. The Morgan fingerprint density at radius 1 is 1.55 bits per heavy atom. The lowest BCUT2D eigenvalue weighted by Crippen LogP contribution is -2.42. The zero-order valence-electron chi connectivity index (χ0n) is 12.1. The summed E-state index contributed by atoms with van der Waals surface area (Å²) in [5.74, 6) is 1.12. The van der Waals surface area contributed by atoms with Gasteiger partial charge in [0.25, 0.3) is 0 Å². The van der Waals surface area contributed by atoms with Crippen molar-refractivity contribution in [1.29, 1.82) is 0 Å². The lowest BCUT2D eigenvalue weighted by Gasteiger charge is -2.32. The van der Waals surface area contributed by atoms with Crippen molar-refractivity contribution < 1.29 is 4.74 Å². The minimum Gasteiger partial charge on any atom is -0.375 e. The summed E-state index contributed by atoms with van der Waals surface area (Å²) in [6.07, 6.45) is 3.54. The summed E-state index contributed by atoms with van der Waals surface area (Å²) < 4.78 is 7.85. The molecule has 0 aromatic carbocycles. The average Bonchev–Trinajstić information content (AvgIpc) is 3.01. The smallest absolute Gasteiger partial charge is 0.195 e. The van der Waals surface area contributed by atoms with Crippen molar-refractivity contribution in [1.82, 2.24) is 14.7 Å². The summed E-state index contributed by atoms with van der Waals surface area (Å²) in [7, 11) is 0. The van der Waals surface area contributed by atoms with Gasteiger partial charge in [0.05, 0.1) is 18.4 Å². The van der Waals surface area contributed by atoms with E-state index in [0.717, 1.165) is 50.0 Å². The van der Waals surface area contributed by atoms with E-state index in [1.165, 1.54) is 5.69 Å². The molecule has 20 heavy (non-hydrogen) atoms. The van der Waals surface area contributed by atoms with Crippen molar-refractivity contribution in [2.75, 3.05) is 31.1 Å². The van der Waals surface area contributed by atoms with Crippen molar-refractivity contribution in [3.63, 3.8) is 0 Å². The molecule has 3 rings (SSSR count). The van der Waals surface area contributed by atoms with Crippen LogP contribution in [0.3, 0.4) is 0 Å². The highest BCUT2D eigenvalue weighted by Gasteiger charge is 2.23. The zero-order chi connectivity index (χ0) is 13.9. The maximum absolute atomic E-state index is 5.63. The number of hydrogen-bond acceptors (Lipinski definition) is 5. The van der Waals surface area contributed by atoms with E-state index in [9.17, 15) is 0 Å². The molecule has 1 aliphatic heterocycles. The fourth-order valence-corrected chi connectivity index (χ4v) is 3.36. The van der Waals surface area contributed by atoms with Crippen LogP contribution in [0.15, 0.2) is 11.6 Å². The molecule has 1 saturated heterocycles. The number of ether oxygens (including phenoxy) is 1. The summed E-state index contributed by atoms with van der Waals surface area (Å²) in [5, 5.41) is 5.59. The first-order chi connectivity index (χ1) is 9.79. The highest BCUT2D eigenvalue weighted by molar-refractivity contribution is 7.15. The Morgan fingerprint density at radius 2 is 2.45 bits per heavy atom. The Hall–Kier alpha value is -1.11. The predicted molar refractivity (Wildman–Crippen MR) is 82.7 cm³/mol. The van der Waals surface area contributed by atoms with Crippen LogP contribution in [-0.4, -0.2) is 41.7 Å². The van der Waals surface area contributed by atoms with E-state index in [4.69, 9.17) is 9.72 Å². The molecule has 0 saturated carbocycles. The molecular formula is C14H22N4OS. The molecule has 3 heterocycles. The molecule has 0 aliphatic carbocycles. The Labute approximate surface area is 123 Å². The Balaban J connectivity index is 1.88. The normalized spacial score (nSPS) is 19.9. The van der Waals surface area contributed by atoms with E-state index in [0.29, 0.717) is 0 Å². The molecule has 0 bridgehead atoms. The standard InChI is InChI=1S/C14H22N4OS/c1-3-4-15-9-12-13(16-14-18(12)6-8-20-14)17-5-7-19-11(2)10-17/h6,8,11,15H,3-5,7,9-10H2,1-2H3. The van der Waals surface area contributed by atoms with Crippen LogP contribution in [-0.2, 0) is 11.3 Å². The van der Waals surface area contributed by atoms with E-state index < -0.39 is 0 Å². The summed E-state index contributed by atoms with van der Waals surface area (Å²) in [5.41, 5.74) is 1.27. The Morgan fingerprint density at radius 3 is 3.25 bits per heavy atom. The number of aromatic nitrogens is 2. The summed E-state index contributed by atoms with van der Waals surface area (Å²) >= 11 is 1.69. The zero-order valence-corrected chi connectivity index (χ0v) is 12.9. The SMILES string of the molecule is CCCNCc1c(N2CCOC(C)C2)nc2sccn12. The lowest BCUT2D eigenvalue weighted by atomic mass is 10.2. The van der Waals surface area contributed by atoms with Crippen molar-refractivity contribution in [3.8, 4) is 0 Å². The monoisotopic (exact) mass is 294 g/mol. The number of rotatable bonds is 5. The minimum absolute atomic E-state index is 0.278. The van der Waals surface area contributed by atoms with Gasteiger partial charge in [0.15, 0.2) is 10.8 Å². The van der Waals surface area contributed by atoms with Crippen LogP contribution in [0.5, 0.6) is 0 Å². The first-order valence-electron chi connectivity index (χ1n) is 7.31. The average molecular weight is 294 g/mol. The third kappa shape index (κ3) is 2.68. The molecule has 2 aromatic heterocycles. The Kier molecular flexibility index (Phi) is 4.24. The van der Waals surface area contributed by atoms with Crippen molar-refractivity contribution in [3.05, 3.63) is 17.3 Å². The number of anilines is 1. The van der Waals surface area contributed by atoms with Crippen molar-refractivity contribution in [2.45, 2.75) is 32.9 Å². The third-order valence-electron chi connectivity index (χ3n) is 3.60. The second-order valence-electron chi connectivity index (χ2n) is 5.24. The van der Waals surface area contributed by atoms with Crippen LogP contribution in [0.4, 0.5) is 5.82 Å². The second-order valence-corrected chi connectivity index (χ2v) is 6.11. The molecular weight excluding hydrogens is 272 g/mol. The van der Waals surface area contributed by atoms with Gasteiger partial charge in [0.2, 0.25) is 0 Å². The van der Waals surface area contributed by atoms with Crippen molar-refractivity contribution in [2.24, 2.45) is 0 Å².